The Bertz CT molecular complexity index is 567. The van der Waals surface area contributed by atoms with E-state index in [-0.39, 0.29) is 0 Å². The molecule has 0 fully saturated rings. The quantitative estimate of drug-likeness (QED) is 0.781. The molecule has 0 saturated carbocycles. The Labute approximate surface area is 122 Å². The minimum absolute atomic E-state index is 0.568. The Morgan fingerprint density at radius 3 is 2.44 bits per heavy atom. The van der Waals surface area contributed by atoms with Crippen molar-refractivity contribution < 1.29 is 0 Å². The van der Waals surface area contributed by atoms with Crippen LogP contribution in [0.3, 0.4) is 0 Å². The van der Waals surface area contributed by atoms with Crippen LogP contribution in [0.15, 0.2) is 36.4 Å². The lowest BCUT2D eigenvalue weighted by atomic mass is 10.2. The number of halogens is 3. The van der Waals surface area contributed by atoms with Crippen LogP contribution in [0.4, 0.5) is 5.69 Å². The topological polar surface area (TPSA) is 12.0 Å². The molecule has 18 heavy (non-hydrogen) atoms. The summed E-state index contributed by atoms with van der Waals surface area (Å²) < 4.78 is 0. The molecule has 0 aliphatic rings. The molecule has 0 atom stereocenters. The average Bonchev–Trinajstić information content (AvgIpc) is 2.35. The van der Waals surface area contributed by atoms with Gasteiger partial charge in [-0.3, -0.25) is 0 Å². The summed E-state index contributed by atoms with van der Waals surface area (Å²) in [5, 5.41) is 5.23. The van der Waals surface area contributed by atoms with E-state index in [0.29, 0.717) is 16.6 Å². The van der Waals surface area contributed by atoms with Crippen molar-refractivity contribution in [1.82, 2.24) is 0 Å². The number of nitrogens with one attached hydrogen (secondary N) is 1. The van der Waals surface area contributed by atoms with Gasteiger partial charge in [0.05, 0.1) is 10.0 Å². The Balaban J connectivity index is 2.11. The molecular formula is C14H12Cl3N. The molecule has 0 amide bonds. The van der Waals surface area contributed by atoms with Crippen molar-refractivity contribution >= 4 is 40.5 Å². The van der Waals surface area contributed by atoms with E-state index < -0.39 is 0 Å². The minimum atomic E-state index is 0.568. The van der Waals surface area contributed by atoms with Crippen LogP contribution in [-0.4, -0.2) is 0 Å². The lowest BCUT2D eigenvalue weighted by Crippen LogP contribution is -2.01. The van der Waals surface area contributed by atoms with Crippen LogP contribution in [0.25, 0.3) is 0 Å². The highest BCUT2D eigenvalue weighted by molar-refractivity contribution is 6.42. The zero-order chi connectivity index (χ0) is 13.1. The lowest BCUT2D eigenvalue weighted by Gasteiger charge is -2.11. The molecule has 1 nitrogen and oxygen atoms in total. The first-order valence-corrected chi connectivity index (χ1v) is 6.64. The monoisotopic (exact) mass is 299 g/mol. The van der Waals surface area contributed by atoms with Gasteiger partial charge < -0.3 is 5.32 Å². The van der Waals surface area contributed by atoms with Gasteiger partial charge in [-0.15, -0.1) is 0 Å². The number of benzene rings is 2. The van der Waals surface area contributed by atoms with E-state index in [1.165, 1.54) is 0 Å². The maximum atomic E-state index is 6.06. The smallest absolute Gasteiger partial charge is 0.0595 e. The Kier molecular flexibility index (Phi) is 4.39. The van der Waals surface area contributed by atoms with Crippen LogP contribution in [0.2, 0.25) is 15.1 Å². The Hall–Kier alpha value is -0.890. The summed E-state index contributed by atoms with van der Waals surface area (Å²) in [7, 11) is 0. The molecule has 2 aromatic carbocycles. The van der Waals surface area contributed by atoms with Crippen molar-refractivity contribution in [3.8, 4) is 0 Å². The van der Waals surface area contributed by atoms with Crippen molar-refractivity contribution in [3.05, 3.63) is 62.6 Å². The largest absolute Gasteiger partial charge is 0.381 e. The van der Waals surface area contributed by atoms with Gasteiger partial charge in [0.25, 0.3) is 0 Å². The fourth-order valence-electron chi connectivity index (χ4n) is 1.65. The molecule has 0 bridgehead atoms. The predicted octanol–water partition coefficient (Wildman–Crippen LogP) is 5.57. The van der Waals surface area contributed by atoms with Crippen LogP contribution >= 0.6 is 34.8 Å². The summed E-state index contributed by atoms with van der Waals surface area (Å²) in [6.45, 7) is 2.66. The number of hydrogen-bond acceptors (Lipinski definition) is 1. The molecule has 2 rings (SSSR count). The third kappa shape index (κ3) is 3.11. The molecule has 0 aromatic heterocycles. The van der Waals surface area contributed by atoms with Gasteiger partial charge in [-0.05, 0) is 42.3 Å². The summed E-state index contributed by atoms with van der Waals surface area (Å²) in [5.41, 5.74) is 3.14. The van der Waals surface area contributed by atoms with E-state index in [1.54, 1.807) is 6.07 Å². The molecule has 94 valence electrons. The highest BCUT2D eigenvalue weighted by Gasteiger charge is 2.03. The molecule has 0 aliphatic heterocycles. The van der Waals surface area contributed by atoms with Gasteiger partial charge in [-0.2, -0.15) is 0 Å². The molecule has 0 radical (unpaired) electrons. The van der Waals surface area contributed by atoms with Crippen LogP contribution in [0.1, 0.15) is 11.1 Å². The molecular weight excluding hydrogens is 289 g/mol. The molecule has 0 unspecified atom stereocenters. The summed E-state index contributed by atoms with van der Waals surface area (Å²) in [6.07, 6.45) is 0. The fourth-order valence-corrected chi connectivity index (χ4v) is 2.14. The molecule has 4 heteroatoms. The van der Waals surface area contributed by atoms with Crippen molar-refractivity contribution in [2.45, 2.75) is 13.5 Å². The second kappa shape index (κ2) is 5.83. The highest BCUT2D eigenvalue weighted by Crippen LogP contribution is 2.25. The van der Waals surface area contributed by atoms with Gasteiger partial charge in [-0.1, -0.05) is 46.9 Å². The van der Waals surface area contributed by atoms with Gasteiger partial charge in [-0.25, -0.2) is 0 Å². The third-order valence-corrected chi connectivity index (χ3v) is 3.88. The maximum Gasteiger partial charge on any atom is 0.0595 e. The first-order valence-electron chi connectivity index (χ1n) is 5.51. The second-order valence-corrected chi connectivity index (χ2v) is 5.24. The van der Waals surface area contributed by atoms with Crippen LogP contribution in [-0.2, 0) is 6.54 Å². The third-order valence-electron chi connectivity index (χ3n) is 2.73. The average molecular weight is 301 g/mol. The van der Waals surface area contributed by atoms with E-state index in [2.05, 4.69) is 5.32 Å². The van der Waals surface area contributed by atoms with Gasteiger partial charge in [0.2, 0.25) is 0 Å². The highest BCUT2D eigenvalue weighted by atomic mass is 35.5. The molecule has 0 heterocycles. The van der Waals surface area contributed by atoms with Crippen LogP contribution < -0.4 is 5.32 Å². The molecule has 0 saturated heterocycles. The minimum Gasteiger partial charge on any atom is -0.381 e. The summed E-state index contributed by atoms with van der Waals surface area (Å²) in [5.74, 6) is 0. The number of anilines is 1. The van der Waals surface area contributed by atoms with Gasteiger partial charge >= 0.3 is 0 Å². The first kappa shape index (κ1) is 13.5. The maximum absolute atomic E-state index is 6.06. The number of rotatable bonds is 3. The summed E-state index contributed by atoms with van der Waals surface area (Å²) in [4.78, 5) is 0. The fraction of sp³-hybridized carbons (Fsp3) is 0.143. The van der Waals surface area contributed by atoms with Gasteiger partial charge in [0, 0.05) is 17.3 Å². The summed E-state index contributed by atoms with van der Waals surface area (Å²) >= 11 is 17.9. The van der Waals surface area contributed by atoms with E-state index >= 15 is 0 Å². The molecule has 1 N–H and O–H groups in total. The Morgan fingerprint density at radius 1 is 0.944 bits per heavy atom. The van der Waals surface area contributed by atoms with Crippen molar-refractivity contribution in [1.29, 1.82) is 0 Å². The van der Waals surface area contributed by atoms with Crippen molar-refractivity contribution in [3.63, 3.8) is 0 Å². The van der Waals surface area contributed by atoms with Crippen molar-refractivity contribution in [2.75, 3.05) is 5.32 Å². The molecule has 0 aliphatic carbocycles. The molecule has 0 spiro atoms. The van der Waals surface area contributed by atoms with Crippen LogP contribution in [0.5, 0.6) is 0 Å². The normalized spacial score (nSPS) is 10.4. The molecule has 2 aromatic rings. The van der Waals surface area contributed by atoms with Crippen molar-refractivity contribution in [2.24, 2.45) is 0 Å². The zero-order valence-corrected chi connectivity index (χ0v) is 12.1. The van der Waals surface area contributed by atoms with Crippen LogP contribution in [0, 0.1) is 6.92 Å². The first-order chi connectivity index (χ1) is 8.58. The van der Waals surface area contributed by atoms with E-state index in [9.17, 15) is 0 Å². The van der Waals surface area contributed by atoms with Gasteiger partial charge in [0.15, 0.2) is 0 Å². The lowest BCUT2D eigenvalue weighted by molar-refractivity contribution is 1.14. The SMILES string of the molecule is Cc1c(Cl)cccc1NCc1ccc(Cl)c(Cl)c1. The number of hydrogen-bond donors (Lipinski definition) is 1. The van der Waals surface area contributed by atoms with Gasteiger partial charge in [0.1, 0.15) is 0 Å². The second-order valence-electron chi connectivity index (χ2n) is 4.01. The summed E-state index contributed by atoms with van der Waals surface area (Å²) in [6, 6.07) is 11.4. The van der Waals surface area contributed by atoms with E-state index in [1.807, 2.05) is 37.3 Å². The van der Waals surface area contributed by atoms with E-state index in [0.717, 1.165) is 21.8 Å². The van der Waals surface area contributed by atoms with E-state index in [4.69, 9.17) is 34.8 Å². The standard InChI is InChI=1S/C14H12Cl3N/c1-9-11(15)3-2-4-14(9)18-8-10-5-6-12(16)13(17)7-10/h2-7,18H,8H2,1H3. The zero-order valence-electron chi connectivity index (χ0n) is 9.81. The Morgan fingerprint density at radius 2 is 1.72 bits per heavy atom. The predicted molar refractivity (Wildman–Crippen MR) is 80.0 cm³/mol.